The van der Waals surface area contributed by atoms with E-state index in [2.05, 4.69) is 6.58 Å². The lowest BCUT2D eigenvalue weighted by Gasteiger charge is -1.90. The fraction of sp³-hybridized carbons (Fsp3) is 0.714. The van der Waals surface area contributed by atoms with Crippen molar-refractivity contribution in [3.05, 3.63) is 12.7 Å². The van der Waals surface area contributed by atoms with E-state index in [4.69, 9.17) is 10.8 Å². The van der Waals surface area contributed by atoms with Crippen LogP contribution in [0.5, 0.6) is 0 Å². The molecular formula is C7H17NO. The van der Waals surface area contributed by atoms with Gasteiger partial charge in [-0.05, 0) is 13.3 Å². The van der Waals surface area contributed by atoms with Crippen LogP contribution in [0.1, 0.15) is 20.3 Å². The third-order valence-electron chi connectivity index (χ3n) is 0.757. The molecule has 0 aliphatic carbocycles. The van der Waals surface area contributed by atoms with Gasteiger partial charge in [0.25, 0.3) is 0 Å². The quantitative estimate of drug-likeness (QED) is 0.547. The Morgan fingerprint density at radius 3 is 2.00 bits per heavy atom. The topological polar surface area (TPSA) is 46.2 Å². The first-order valence-corrected chi connectivity index (χ1v) is 3.18. The average molecular weight is 131 g/mol. The number of aliphatic hydroxyl groups excluding tert-OH is 1. The summed E-state index contributed by atoms with van der Waals surface area (Å²) in [7, 11) is 0. The van der Waals surface area contributed by atoms with Crippen LogP contribution in [-0.2, 0) is 0 Å². The molecule has 0 spiro atoms. The summed E-state index contributed by atoms with van der Waals surface area (Å²) in [4.78, 5) is 0. The third-order valence-corrected chi connectivity index (χ3v) is 0.757. The second-order valence-corrected chi connectivity index (χ2v) is 1.78. The minimum absolute atomic E-state index is 0.116. The Morgan fingerprint density at radius 2 is 2.00 bits per heavy atom. The molecule has 0 radical (unpaired) electrons. The molecule has 0 fully saturated rings. The van der Waals surface area contributed by atoms with Crippen LogP contribution in [-0.4, -0.2) is 17.8 Å². The molecule has 3 N–H and O–H groups in total. The Hall–Kier alpha value is -0.340. The number of hydrogen-bond donors (Lipinski definition) is 2. The molecule has 0 amide bonds. The summed E-state index contributed by atoms with van der Waals surface area (Å²) in [6.07, 6.45) is 2.40. The van der Waals surface area contributed by atoms with Crippen molar-refractivity contribution in [3.8, 4) is 0 Å². The lowest BCUT2D eigenvalue weighted by Crippen LogP contribution is -1.93. The molecule has 0 heterocycles. The second-order valence-electron chi connectivity index (χ2n) is 1.78. The Labute approximate surface area is 57.4 Å². The molecule has 0 aromatic heterocycles. The van der Waals surface area contributed by atoms with Gasteiger partial charge in [-0.15, -0.1) is 6.58 Å². The predicted octanol–water partition coefficient (Wildman–Crippen LogP) is 0.908. The van der Waals surface area contributed by atoms with Crippen molar-refractivity contribution in [1.82, 2.24) is 0 Å². The van der Waals surface area contributed by atoms with E-state index in [0.717, 1.165) is 6.42 Å². The average Bonchev–Trinajstić information content (AvgIpc) is 1.89. The zero-order chi connectivity index (χ0) is 7.70. The molecule has 0 aromatic rings. The van der Waals surface area contributed by atoms with Crippen LogP contribution in [0.2, 0.25) is 0 Å². The monoisotopic (exact) mass is 131 g/mol. The van der Waals surface area contributed by atoms with Gasteiger partial charge in [0.1, 0.15) is 0 Å². The molecule has 0 saturated carbocycles. The molecule has 0 aliphatic heterocycles. The molecule has 2 heteroatoms. The highest BCUT2D eigenvalue weighted by Crippen LogP contribution is 1.81. The summed E-state index contributed by atoms with van der Waals surface area (Å²) in [5.74, 6) is 0. The molecular weight excluding hydrogens is 114 g/mol. The van der Waals surface area contributed by atoms with E-state index in [1.54, 1.807) is 13.0 Å². The van der Waals surface area contributed by atoms with Gasteiger partial charge in [-0.25, -0.2) is 0 Å². The fourth-order valence-corrected chi connectivity index (χ4v) is 0. The first-order valence-electron chi connectivity index (χ1n) is 3.18. The standard InChI is InChI=1S/C4H10O.C3H7N/c1-3-4(2)5;1-2-3-4/h4-5H,3H2,1-2H3;2H,1,3-4H2. The second kappa shape index (κ2) is 10.6. The van der Waals surface area contributed by atoms with Crippen LogP contribution >= 0.6 is 0 Å². The number of nitrogens with two attached hydrogens (primary N) is 1. The van der Waals surface area contributed by atoms with Crippen LogP contribution in [0.3, 0.4) is 0 Å². The summed E-state index contributed by atoms with van der Waals surface area (Å²) < 4.78 is 0. The van der Waals surface area contributed by atoms with E-state index >= 15 is 0 Å². The van der Waals surface area contributed by atoms with Gasteiger partial charge in [-0.3, -0.25) is 0 Å². The smallest absolute Gasteiger partial charge is 0.0509 e. The Bertz CT molecular complexity index is 52.9. The summed E-state index contributed by atoms with van der Waals surface area (Å²) in [5.41, 5.74) is 4.91. The first kappa shape index (κ1) is 11.5. The summed E-state index contributed by atoms with van der Waals surface area (Å²) in [6, 6.07) is 0. The zero-order valence-electron chi connectivity index (χ0n) is 6.30. The normalized spacial score (nSPS) is 11.1. The molecule has 1 atom stereocenters. The van der Waals surface area contributed by atoms with E-state index in [1.807, 2.05) is 6.92 Å². The maximum absolute atomic E-state index is 8.36. The Morgan fingerprint density at radius 1 is 1.78 bits per heavy atom. The van der Waals surface area contributed by atoms with Crippen molar-refractivity contribution < 1.29 is 5.11 Å². The molecule has 2 nitrogen and oxygen atoms in total. The lowest BCUT2D eigenvalue weighted by molar-refractivity contribution is 0.191. The first-order chi connectivity index (χ1) is 4.18. The number of hydrogen-bond acceptors (Lipinski definition) is 2. The van der Waals surface area contributed by atoms with Crippen molar-refractivity contribution in [3.63, 3.8) is 0 Å². The highest BCUT2D eigenvalue weighted by molar-refractivity contribution is 4.64. The zero-order valence-corrected chi connectivity index (χ0v) is 6.30. The van der Waals surface area contributed by atoms with Gasteiger partial charge >= 0.3 is 0 Å². The van der Waals surface area contributed by atoms with Crippen LogP contribution < -0.4 is 5.73 Å². The van der Waals surface area contributed by atoms with Crippen LogP contribution in [0.15, 0.2) is 12.7 Å². The largest absolute Gasteiger partial charge is 0.393 e. The summed E-state index contributed by atoms with van der Waals surface area (Å²) in [5, 5.41) is 8.36. The van der Waals surface area contributed by atoms with Crippen molar-refractivity contribution in [2.75, 3.05) is 6.54 Å². The van der Waals surface area contributed by atoms with Gasteiger partial charge in [-0.2, -0.15) is 0 Å². The maximum Gasteiger partial charge on any atom is 0.0509 e. The molecule has 0 aromatic carbocycles. The van der Waals surface area contributed by atoms with E-state index in [-0.39, 0.29) is 6.10 Å². The minimum atomic E-state index is -0.116. The molecule has 9 heavy (non-hydrogen) atoms. The SMILES string of the molecule is C=CCN.CCC(C)O. The summed E-state index contributed by atoms with van der Waals surface area (Å²) in [6.45, 7) is 7.66. The molecule has 0 bridgehead atoms. The van der Waals surface area contributed by atoms with Gasteiger partial charge < -0.3 is 10.8 Å². The molecule has 0 aliphatic rings. The fourth-order valence-electron chi connectivity index (χ4n) is 0. The van der Waals surface area contributed by atoms with Gasteiger partial charge in [-0.1, -0.05) is 13.0 Å². The van der Waals surface area contributed by atoms with E-state index in [9.17, 15) is 0 Å². The van der Waals surface area contributed by atoms with Crippen LogP contribution in [0.25, 0.3) is 0 Å². The van der Waals surface area contributed by atoms with E-state index in [0.29, 0.717) is 6.54 Å². The van der Waals surface area contributed by atoms with Crippen molar-refractivity contribution in [2.45, 2.75) is 26.4 Å². The highest BCUT2D eigenvalue weighted by atomic mass is 16.3. The number of aliphatic hydroxyl groups is 1. The maximum atomic E-state index is 8.36. The van der Waals surface area contributed by atoms with E-state index < -0.39 is 0 Å². The highest BCUT2D eigenvalue weighted by Gasteiger charge is 1.81. The van der Waals surface area contributed by atoms with Gasteiger partial charge in [0.2, 0.25) is 0 Å². The third kappa shape index (κ3) is 34.7. The van der Waals surface area contributed by atoms with E-state index in [1.165, 1.54) is 0 Å². The van der Waals surface area contributed by atoms with Gasteiger partial charge in [0.05, 0.1) is 6.10 Å². The van der Waals surface area contributed by atoms with Crippen molar-refractivity contribution in [2.24, 2.45) is 5.73 Å². The van der Waals surface area contributed by atoms with Crippen molar-refractivity contribution in [1.29, 1.82) is 0 Å². The number of rotatable bonds is 2. The van der Waals surface area contributed by atoms with Gasteiger partial charge in [0.15, 0.2) is 0 Å². The molecule has 0 rings (SSSR count). The summed E-state index contributed by atoms with van der Waals surface area (Å²) >= 11 is 0. The van der Waals surface area contributed by atoms with Crippen LogP contribution in [0.4, 0.5) is 0 Å². The molecule has 0 saturated heterocycles. The van der Waals surface area contributed by atoms with Crippen LogP contribution in [0, 0.1) is 0 Å². The lowest BCUT2D eigenvalue weighted by atomic mass is 10.3. The molecule has 56 valence electrons. The van der Waals surface area contributed by atoms with Gasteiger partial charge in [0, 0.05) is 6.54 Å². The molecule has 1 unspecified atom stereocenters. The van der Waals surface area contributed by atoms with Crippen molar-refractivity contribution >= 4 is 0 Å². The Kier molecular flexibility index (Phi) is 13.5. The minimum Gasteiger partial charge on any atom is -0.393 e. The Balaban J connectivity index is 0. The predicted molar refractivity (Wildman–Crippen MR) is 41.2 cm³/mol.